The highest BCUT2D eigenvalue weighted by Crippen LogP contribution is 2.35. The molecule has 2 aliphatic rings. The fraction of sp³-hybridized carbons (Fsp3) is 0.357. The van der Waals surface area contributed by atoms with Crippen molar-refractivity contribution in [2.24, 2.45) is 4.99 Å². The summed E-state index contributed by atoms with van der Waals surface area (Å²) in [6, 6.07) is 5.32. The maximum absolute atomic E-state index is 13.3. The number of hydrogen-bond donors (Lipinski definition) is 6. The van der Waals surface area contributed by atoms with Crippen molar-refractivity contribution in [1.29, 1.82) is 0 Å². The zero-order chi connectivity index (χ0) is 31.5. The number of guanidine groups is 1. The third-order valence-corrected chi connectivity index (χ3v) is 8.35. The van der Waals surface area contributed by atoms with Crippen LogP contribution in [-0.2, 0) is 17.8 Å². The molecule has 0 radical (unpaired) electrons. The molecule has 1 fully saturated rings. The van der Waals surface area contributed by atoms with Crippen LogP contribution in [0.5, 0.6) is 0 Å². The Morgan fingerprint density at radius 1 is 1.18 bits per heavy atom. The molecule has 230 valence electrons. The number of nitrogens with one attached hydrogen (secondary N) is 3. The average molecular weight is 643 g/mol. The van der Waals surface area contributed by atoms with Gasteiger partial charge in [-0.2, -0.15) is 16.6 Å². The molecule has 2 amide bonds. The summed E-state index contributed by atoms with van der Waals surface area (Å²) < 4.78 is 0. The van der Waals surface area contributed by atoms with Crippen molar-refractivity contribution >= 4 is 57.8 Å². The van der Waals surface area contributed by atoms with E-state index in [0.29, 0.717) is 29.7 Å². The number of aromatic nitrogens is 2. The number of carbonyl (C=O) groups excluding carboxylic acids is 2. The fourth-order valence-electron chi connectivity index (χ4n) is 5.25. The Morgan fingerprint density at radius 3 is 2.70 bits per heavy atom. The largest absolute Gasteiger partial charge is 0.480 e. The summed E-state index contributed by atoms with van der Waals surface area (Å²) >= 11 is 13.1. The van der Waals surface area contributed by atoms with E-state index in [0.717, 1.165) is 10.9 Å². The molecule has 44 heavy (non-hydrogen) atoms. The molecular weight excluding hydrogens is 615 g/mol. The molecule has 0 unspecified atom stereocenters. The van der Waals surface area contributed by atoms with E-state index in [9.17, 15) is 29.7 Å². The highest BCUT2D eigenvalue weighted by molar-refractivity contribution is 6.40. The second-order valence-electron chi connectivity index (χ2n) is 10.5. The molecule has 0 spiro atoms. The summed E-state index contributed by atoms with van der Waals surface area (Å²) in [7, 11) is 0. The lowest BCUT2D eigenvalue weighted by Gasteiger charge is -2.33. The number of aliphatic imine (C=N–C) groups is 1. The number of halogens is 2. The Balaban J connectivity index is 1.30. The van der Waals surface area contributed by atoms with Gasteiger partial charge in [0.2, 0.25) is 0 Å². The van der Waals surface area contributed by atoms with Gasteiger partial charge in [-0.05, 0) is 42.2 Å². The van der Waals surface area contributed by atoms with Crippen LogP contribution in [0, 0.1) is 6.57 Å². The van der Waals surface area contributed by atoms with Crippen LogP contribution in [0.1, 0.15) is 38.3 Å². The van der Waals surface area contributed by atoms with Crippen molar-refractivity contribution < 1.29 is 29.7 Å². The molecule has 3 aromatic rings. The van der Waals surface area contributed by atoms with Gasteiger partial charge in [-0.25, -0.2) is 9.79 Å². The number of aliphatic hydroxyl groups is 2. The number of likely N-dealkylation sites (tertiary alicyclic amines) is 1. The predicted molar refractivity (Wildman–Crippen MR) is 160 cm³/mol. The number of hydrogen-bond acceptors (Lipinski definition) is 7. The van der Waals surface area contributed by atoms with Crippen LogP contribution in [0.2, 0.25) is 10.0 Å². The van der Waals surface area contributed by atoms with Gasteiger partial charge in [0, 0.05) is 37.1 Å². The molecule has 16 heteroatoms. The van der Waals surface area contributed by atoms with Gasteiger partial charge < -0.3 is 30.4 Å². The number of β-amino-alcohol motifs (C(OH)–C–C–N with tert-alkyl or cyclic N) is 1. The third-order valence-electron chi connectivity index (χ3n) is 7.64. The normalized spacial score (nSPS) is 19.2. The number of carboxylic acids is 1. The summed E-state index contributed by atoms with van der Waals surface area (Å²) in [4.78, 5) is 48.9. The Bertz CT molecular complexity index is 1690. The number of H-pyrrole nitrogens is 1. The van der Waals surface area contributed by atoms with Gasteiger partial charge in [-0.3, -0.25) is 14.7 Å². The number of amides is 2. The number of aliphatic carboxylic acids is 1. The molecule has 14 nitrogen and oxygen atoms in total. The van der Waals surface area contributed by atoms with E-state index in [1.165, 1.54) is 4.90 Å². The minimum Gasteiger partial charge on any atom is -0.480 e. The van der Waals surface area contributed by atoms with Crippen LogP contribution in [0.15, 0.2) is 35.5 Å². The zero-order valence-electron chi connectivity index (χ0n) is 23.1. The summed E-state index contributed by atoms with van der Waals surface area (Å²) in [6.07, 6.45) is 0.253. The van der Waals surface area contributed by atoms with Crippen LogP contribution in [0.4, 0.5) is 0 Å². The molecule has 2 aliphatic heterocycles. The Hall–Kier alpha value is -4.42. The maximum atomic E-state index is 13.3. The van der Waals surface area contributed by atoms with E-state index in [2.05, 4.69) is 30.9 Å². The quantitative estimate of drug-likeness (QED) is 0.100. The van der Waals surface area contributed by atoms with Crippen molar-refractivity contribution in [3.8, 4) is 0 Å². The van der Waals surface area contributed by atoms with Gasteiger partial charge in [0.1, 0.15) is 6.04 Å². The number of rotatable bonds is 6. The van der Waals surface area contributed by atoms with Gasteiger partial charge in [-0.15, -0.1) is 0 Å². The van der Waals surface area contributed by atoms with Crippen molar-refractivity contribution in [3.05, 3.63) is 74.3 Å². The lowest BCUT2D eigenvalue weighted by molar-refractivity contribution is -0.138. The summed E-state index contributed by atoms with van der Waals surface area (Å²) in [5.41, 5.74) is 4.78. The van der Waals surface area contributed by atoms with E-state index in [1.807, 2.05) is 6.07 Å². The van der Waals surface area contributed by atoms with Gasteiger partial charge in [0.15, 0.2) is 0 Å². The molecule has 1 aromatic heterocycles. The highest BCUT2D eigenvalue weighted by atomic mass is 35.5. The predicted octanol–water partition coefficient (Wildman–Crippen LogP) is 1.46. The molecule has 5 rings (SSSR count). The van der Waals surface area contributed by atoms with E-state index in [-0.39, 0.29) is 53.5 Å². The SMILES string of the molecule is [C-]#[N+]NC(=NC[C@H](NC(=O)c1c(Cl)cc2c(c1Cl)CCN(C(=O)c1ccc3cn[nH]c3c1)C2)C(=O)O)N1CC[C@@H](O)[C@@H](O)C1. The van der Waals surface area contributed by atoms with Crippen molar-refractivity contribution in [3.63, 3.8) is 0 Å². The third kappa shape index (κ3) is 6.41. The summed E-state index contributed by atoms with van der Waals surface area (Å²) in [5, 5.41) is 39.7. The van der Waals surface area contributed by atoms with Crippen LogP contribution in [0.3, 0.4) is 0 Å². The lowest BCUT2D eigenvalue weighted by Crippen LogP contribution is -2.52. The number of carboxylic acid groups (broad SMARTS) is 1. The first-order valence-corrected chi connectivity index (χ1v) is 14.4. The maximum Gasteiger partial charge on any atom is 0.328 e. The molecule has 0 bridgehead atoms. The molecular formula is C28H28Cl2N8O6. The van der Waals surface area contributed by atoms with Gasteiger partial charge >= 0.3 is 5.97 Å². The van der Waals surface area contributed by atoms with Crippen molar-refractivity contribution in [2.45, 2.75) is 37.6 Å². The second-order valence-corrected chi connectivity index (χ2v) is 11.2. The molecule has 3 atom stereocenters. The average Bonchev–Trinajstić information content (AvgIpc) is 3.47. The number of carbonyl (C=O) groups is 3. The monoisotopic (exact) mass is 642 g/mol. The number of aliphatic hydroxyl groups excluding tert-OH is 2. The van der Waals surface area contributed by atoms with Crippen LogP contribution in [0.25, 0.3) is 15.9 Å². The Kier molecular flexibility index (Phi) is 9.21. The topological polar surface area (TPSA) is 188 Å². The first-order valence-electron chi connectivity index (χ1n) is 13.6. The van der Waals surface area contributed by atoms with E-state index in [1.54, 1.807) is 29.3 Å². The van der Waals surface area contributed by atoms with Crippen molar-refractivity contribution in [2.75, 3.05) is 26.2 Å². The summed E-state index contributed by atoms with van der Waals surface area (Å²) in [6.45, 7) is 7.47. The van der Waals surface area contributed by atoms with Crippen LogP contribution >= 0.6 is 23.2 Å². The van der Waals surface area contributed by atoms with Crippen molar-refractivity contribution in [1.82, 2.24) is 30.7 Å². The van der Waals surface area contributed by atoms with E-state index in [4.69, 9.17) is 29.8 Å². The minimum absolute atomic E-state index is 0.000110. The number of piperidine rings is 1. The number of nitrogens with zero attached hydrogens (tertiary/aromatic N) is 5. The first-order chi connectivity index (χ1) is 21.1. The molecule has 1 saturated heterocycles. The van der Waals surface area contributed by atoms with Gasteiger partial charge in [0.25, 0.3) is 17.8 Å². The van der Waals surface area contributed by atoms with Gasteiger partial charge in [0.05, 0.1) is 46.1 Å². The standard InChI is InChI=1S/C28H28Cl2N8O6/c1-31-36-28(38-7-5-21(39)22(40)13-38)32-11-20(27(43)44)34-25(41)23-18(29)8-16-12-37(6-4-17(16)24(23)30)26(42)14-2-3-15-10-33-35-19(15)9-14/h2-3,8-10,20-22,39-40H,4-7,11-13H2,(H,32,36)(H,33,35)(H,34,41)(H,43,44)/t20-,21+,22-/m0/s1. The number of aromatic amines is 1. The number of benzene rings is 2. The molecule has 0 saturated carbocycles. The van der Waals surface area contributed by atoms with Crippen LogP contribution in [-0.4, -0.2) is 103 Å². The first kappa shape index (κ1) is 31.0. The molecule has 2 aromatic carbocycles. The Labute approximate surface area is 261 Å². The highest BCUT2D eigenvalue weighted by Gasteiger charge is 2.31. The summed E-state index contributed by atoms with van der Waals surface area (Å²) in [5.74, 6) is -2.40. The van der Waals surface area contributed by atoms with Gasteiger partial charge in [-0.1, -0.05) is 34.7 Å². The second kappa shape index (κ2) is 13.1. The minimum atomic E-state index is -1.51. The molecule has 3 heterocycles. The van der Waals surface area contributed by atoms with E-state index < -0.39 is 36.7 Å². The smallest absolute Gasteiger partial charge is 0.328 e. The Morgan fingerprint density at radius 2 is 1.98 bits per heavy atom. The number of fused-ring (bicyclic) bond motifs is 2. The van der Waals surface area contributed by atoms with E-state index >= 15 is 0 Å². The molecule has 0 aliphatic carbocycles. The zero-order valence-corrected chi connectivity index (χ0v) is 24.6. The molecule has 6 N–H and O–H groups in total. The van der Waals surface area contributed by atoms with Crippen LogP contribution < -0.4 is 10.7 Å². The fourth-order valence-corrected chi connectivity index (χ4v) is 6.01. The lowest BCUT2D eigenvalue weighted by atomic mass is 9.96.